The zero-order chi connectivity index (χ0) is 14.0. The normalized spacial score (nSPS) is 12.4. The summed E-state index contributed by atoms with van der Waals surface area (Å²) < 4.78 is 1.84. The largest absolute Gasteiger partial charge is 0.370 e. The van der Waals surface area contributed by atoms with E-state index in [-0.39, 0.29) is 6.42 Å². The van der Waals surface area contributed by atoms with Crippen molar-refractivity contribution in [2.75, 3.05) is 0 Å². The van der Waals surface area contributed by atoms with Crippen molar-refractivity contribution in [3.05, 3.63) is 52.3 Å². The van der Waals surface area contributed by atoms with Gasteiger partial charge in [-0.1, -0.05) is 23.2 Å². The molecule has 0 fully saturated rings. The molecule has 1 atom stereocenters. The SMILES string of the molecule is NC(=O)CC(N)c1cccn1-c1cc(Cl)cc(Cl)c1. The van der Waals surface area contributed by atoms with Gasteiger partial charge in [-0.25, -0.2) is 0 Å². The molecule has 100 valence electrons. The van der Waals surface area contributed by atoms with Gasteiger partial charge in [-0.2, -0.15) is 0 Å². The van der Waals surface area contributed by atoms with Crippen molar-refractivity contribution >= 4 is 29.1 Å². The Kier molecular flexibility index (Phi) is 4.14. The third-order valence-corrected chi connectivity index (χ3v) is 3.14. The standard InChI is InChI=1S/C13H13Cl2N3O/c14-8-4-9(15)6-10(5-8)18-3-1-2-12(18)11(16)7-13(17)19/h1-6,11H,7,16H2,(H2,17,19). The Morgan fingerprint density at radius 3 is 2.47 bits per heavy atom. The van der Waals surface area contributed by atoms with Gasteiger partial charge in [-0.3, -0.25) is 4.79 Å². The highest BCUT2D eigenvalue weighted by atomic mass is 35.5. The van der Waals surface area contributed by atoms with Crippen molar-refractivity contribution in [1.82, 2.24) is 4.57 Å². The number of halogens is 2. The van der Waals surface area contributed by atoms with Crippen LogP contribution >= 0.6 is 23.2 Å². The number of rotatable bonds is 4. The molecular weight excluding hydrogens is 285 g/mol. The van der Waals surface area contributed by atoms with Gasteiger partial charge in [-0.15, -0.1) is 0 Å². The molecule has 0 aliphatic heterocycles. The number of hydrogen-bond acceptors (Lipinski definition) is 2. The first-order valence-corrected chi connectivity index (χ1v) is 6.40. The smallest absolute Gasteiger partial charge is 0.219 e. The van der Waals surface area contributed by atoms with Crippen LogP contribution in [0.3, 0.4) is 0 Å². The summed E-state index contributed by atoms with van der Waals surface area (Å²) in [5.74, 6) is -0.440. The Hall–Kier alpha value is -1.49. The highest BCUT2D eigenvalue weighted by Crippen LogP contribution is 2.25. The fraction of sp³-hybridized carbons (Fsp3) is 0.154. The van der Waals surface area contributed by atoms with Crippen LogP contribution in [0.4, 0.5) is 0 Å². The van der Waals surface area contributed by atoms with Crippen molar-refractivity contribution in [2.45, 2.75) is 12.5 Å². The summed E-state index contributed by atoms with van der Waals surface area (Å²) in [6, 6.07) is 8.40. The van der Waals surface area contributed by atoms with Gasteiger partial charge in [0.05, 0.1) is 6.04 Å². The fourth-order valence-electron chi connectivity index (χ4n) is 1.93. The van der Waals surface area contributed by atoms with Crippen LogP contribution in [0.2, 0.25) is 10.0 Å². The summed E-state index contributed by atoms with van der Waals surface area (Å²) in [6.45, 7) is 0. The van der Waals surface area contributed by atoms with Crippen LogP contribution in [0.25, 0.3) is 5.69 Å². The zero-order valence-electron chi connectivity index (χ0n) is 10.0. The lowest BCUT2D eigenvalue weighted by Gasteiger charge is -2.15. The molecule has 0 aliphatic rings. The van der Waals surface area contributed by atoms with Crippen LogP contribution in [-0.4, -0.2) is 10.5 Å². The number of carbonyl (C=O) groups excluding carboxylic acids is 1. The van der Waals surface area contributed by atoms with E-state index in [2.05, 4.69) is 0 Å². The Morgan fingerprint density at radius 1 is 1.26 bits per heavy atom. The monoisotopic (exact) mass is 297 g/mol. The Balaban J connectivity index is 2.41. The molecule has 2 aromatic rings. The fourth-order valence-corrected chi connectivity index (χ4v) is 2.45. The molecule has 0 radical (unpaired) electrons. The number of aromatic nitrogens is 1. The van der Waals surface area contributed by atoms with Gasteiger partial charge in [0, 0.05) is 34.0 Å². The summed E-state index contributed by atoms with van der Waals surface area (Å²) in [6.07, 6.45) is 1.91. The molecule has 19 heavy (non-hydrogen) atoms. The summed E-state index contributed by atoms with van der Waals surface area (Å²) in [5, 5.41) is 1.07. The van der Waals surface area contributed by atoms with E-state index in [1.165, 1.54) is 0 Å². The Morgan fingerprint density at radius 2 is 1.89 bits per heavy atom. The number of benzene rings is 1. The molecule has 0 spiro atoms. The quantitative estimate of drug-likeness (QED) is 0.910. The van der Waals surface area contributed by atoms with Crippen LogP contribution in [0.1, 0.15) is 18.2 Å². The second-order valence-corrected chi connectivity index (χ2v) is 5.08. The van der Waals surface area contributed by atoms with Crippen LogP contribution in [0.15, 0.2) is 36.5 Å². The van der Waals surface area contributed by atoms with E-state index in [0.717, 1.165) is 11.4 Å². The summed E-state index contributed by atoms with van der Waals surface area (Å²) in [7, 11) is 0. The topological polar surface area (TPSA) is 74.0 Å². The molecule has 1 aromatic heterocycles. The second-order valence-electron chi connectivity index (χ2n) is 4.21. The van der Waals surface area contributed by atoms with E-state index < -0.39 is 11.9 Å². The second kappa shape index (κ2) is 5.65. The van der Waals surface area contributed by atoms with Gasteiger partial charge in [-0.05, 0) is 30.3 Å². The molecule has 0 bridgehead atoms. The van der Waals surface area contributed by atoms with Gasteiger partial charge in [0.1, 0.15) is 0 Å². The number of amides is 1. The Labute approximate surface area is 120 Å². The van der Waals surface area contributed by atoms with E-state index >= 15 is 0 Å². The van der Waals surface area contributed by atoms with Crippen LogP contribution < -0.4 is 11.5 Å². The highest BCUT2D eigenvalue weighted by Gasteiger charge is 2.14. The molecule has 0 saturated heterocycles. The van der Waals surface area contributed by atoms with Crippen LogP contribution in [0, 0.1) is 0 Å². The number of carbonyl (C=O) groups is 1. The highest BCUT2D eigenvalue weighted by molar-refractivity contribution is 6.34. The maximum Gasteiger partial charge on any atom is 0.219 e. The summed E-state index contributed by atoms with van der Waals surface area (Å²) >= 11 is 12.0. The van der Waals surface area contributed by atoms with E-state index in [1.807, 2.05) is 22.9 Å². The average molecular weight is 298 g/mol. The molecular formula is C13H13Cl2N3O. The molecule has 0 aliphatic carbocycles. The summed E-state index contributed by atoms with van der Waals surface area (Å²) in [4.78, 5) is 11.0. The zero-order valence-corrected chi connectivity index (χ0v) is 11.5. The molecule has 1 heterocycles. The Bertz CT molecular complexity index is 589. The number of primary amides is 1. The third-order valence-electron chi connectivity index (χ3n) is 2.71. The molecule has 1 amide bonds. The number of nitrogens with two attached hydrogens (primary N) is 2. The third kappa shape index (κ3) is 3.29. The van der Waals surface area contributed by atoms with Gasteiger partial charge in [0.2, 0.25) is 5.91 Å². The predicted molar refractivity (Wildman–Crippen MR) is 76.5 cm³/mol. The van der Waals surface area contributed by atoms with Crippen molar-refractivity contribution in [3.63, 3.8) is 0 Å². The van der Waals surface area contributed by atoms with Crippen molar-refractivity contribution < 1.29 is 4.79 Å². The molecule has 0 saturated carbocycles. The van der Waals surface area contributed by atoms with Gasteiger partial charge >= 0.3 is 0 Å². The number of nitrogens with zero attached hydrogens (tertiary/aromatic N) is 1. The summed E-state index contributed by atoms with van der Waals surface area (Å²) in [5.41, 5.74) is 12.7. The lowest BCUT2D eigenvalue weighted by atomic mass is 10.1. The lowest BCUT2D eigenvalue weighted by molar-refractivity contribution is -0.118. The van der Waals surface area contributed by atoms with Crippen LogP contribution in [-0.2, 0) is 4.79 Å². The minimum atomic E-state index is -0.467. The molecule has 1 unspecified atom stereocenters. The molecule has 1 aromatic carbocycles. The molecule has 4 N–H and O–H groups in total. The molecule has 4 nitrogen and oxygen atoms in total. The first-order chi connectivity index (χ1) is 8.97. The maximum atomic E-state index is 11.0. The van der Waals surface area contributed by atoms with E-state index in [9.17, 15) is 4.79 Å². The van der Waals surface area contributed by atoms with Gasteiger partial charge in [0.15, 0.2) is 0 Å². The minimum absolute atomic E-state index is 0.0817. The van der Waals surface area contributed by atoms with E-state index in [1.54, 1.807) is 18.2 Å². The van der Waals surface area contributed by atoms with E-state index in [0.29, 0.717) is 10.0 Å². The number of hydrogen-bond donors (Lipinski definition) is 2. The van der Waals surface area contributed by atoms with Crippen molar-refractivity contribution in [3.8, 4) is 5.69 Å². The molecule has 6 heteroatoms. The average Bonchev–Trinajstić information content (AvgIpc) is 2.75. The first kappa shape index (κ1) is 13.9. The van der Waals surface area contributed by atoms with Crippen LogP contribution in [0.5, 0.6) is 0 Å². The lowest BCUT2D eigenvalue weighted by Crippen LogP contribution is -2.22. The van der Waals surface area contributed by atoms with Gasteiger partial charge < -0.3 is 16.0 Å². The van der Waals surface area contributed by atoms with Gasteiger partial charge in [0.25, 0.3) is 0 Å². The maximum absolute atomic E-state index is 11.0. The predicted octanol–water partition coefficient (Wildman–Crippen LogP) is 2.66. The minimum Gasteiger partial charge on any atom is -0.370 e. The molecule has 2 rings (SSSR count). The van der Waals surface area contributed by atoms with Crippen molar-refractivity contribution in [2.24, 2.45) is 11.5 Å². The van der Waals surface area contributed by atoms with E-state index in [4.69, 9.17) is 34.7 Å². The first-order valence-electron chi connectivity index (χ1n) is 5.65. The van der Waals surface area contributed by atoms with Crippen molar-refractivity contribution in [1.29, 1.82) is 0 Å².